The molecule has 0 amide bonds. The van der Waals surface area contributed by atoms with E-state index in [0.29, 0.717) is 12.1 Å². The summed E-state index contributed by atoms with van der Waals surface area (Å²) in [6.45, 7) is 6.15. The number of nitrogens with zero attached hydrogens (tertiary/aromatic N) is 1. The Kier molecular flexibility index (Phi) is 9.36. The van der Waals surface area contributed by atoms with Crippen molar-refractivity contribution in [2.75, 3.05) is 18.8 Å². The van der Waals surface area contributed by atoms with Crippen molar-refractivity contribution in [2.45, 2.75) is 44.6 Å². The van der Waals surface area contributed by atoms with Gasteiger partial charge in [0.15, 0.2) is 5.96 Å². The van der Waals surface area contributed by atoms with E-state index < -0.39 is 0 Å². The van der Waals surface area contributed by atoms with E-state index in [0.717, 1.165) is 24.6 Å². The van der Waals surface area contributed by atoms with Crippen LogP contribution >= 0.6 is 35.7 Å². The normalized spacial score (nSPS) is 20.6. The number of hydrogen-bond donors (Lipinski definition) is 3. The van der Waals surface area contributed by atoms with E-state index >= 15 is 0 Å². The average molecular weight is 467 g/mol. The second-order valence-electron chi connectivity index (χ2n) is 6.03. The Labute approximate surface area is 165 Å². The van der Waals surface area contributed by atoms with E-state index in [1.165, 1.54) is 24.7 Å². The van der Waals surface area contributed by atoms with Crippen LogP contribution in [0.2, 0.25) is 0 Å². The van der Waals surface area contributed by atoms with Crippen molar-refractivity contribution in [2.24, 2.45) is 4.99 Å². The van der Waals surface area contributed by atoms with Crippen molar-refractivity contribution < 1.29 is 9.50 Å². The molecule has 1 saturated heterocycles. The summed E-state index contributed by atoms with van der Waals surface area (Å²) < 4.78 is 13.7. The van der Waals surface area contributed by atoms with E-state index in [9.17, 15) is 4.39 Å². The highest BCUT2D eigenvalue weighted by Gasteiger charge is 2.29. The lowest BCUT2D eigenvalue weighted by atomic mass is 10.1. The van der Waals surface area contributed by atoms with Crippen LogP contribution in [0.3, 0.4) is 0 Å². The molecule has 1 heterocycles. The maximum Gasteiger partial charge on any atom is 0.191 e. The fraction of sp³-hybridized carbons (Fsp3) is 0.588. The molecule has 1 aromatic carbocycles. The summed E-state index contributed by atoms with van der Waals surface area (Å²) in [6.07, 6.45) is 2.50. The third-order valence-electron chi connectivity index (χ3n) is 3.97. The van der Waals surface area contributed by atoms with Crippen LogP contribution in [0.1, 0.15) is 37.8 Å². The van der Waals surface area contributed by atoms with Crippen molar-refractivity contribution in [3.63, 3.8) is 0 Å². The maximum absolute atomic E-state index is 13.4. The van der Waals surface area contributed by atoms with E-state index in [-0.39, 0.29) is 41.1 Å². The number of halogens is 2. The molecule has 1 atom stereocenters. The second-order valence-corrected chi connectivity index (χ2v) is 7.72. The summed E-state index contributed by atoms with van der Waals surface area (Å²) in [7, 11) is 0. The Morgan fingerprint density at radius 3 is 2.83 bits per heavy atom. The fourth-order valence-corrected chi connectivity index (χ4v) is 3.85. The van der Waals surface area contributed by atoms with Gasteiger partial charge in [0.2, 0.25) is 0 Å². The van der Waals surface area contributed by atoms with Crippen LogP contribution in [0.15, 0.2) is 23.2 Å². The molecule has 1 unspecified atom stereocenters. The Balaban J connectivity index is 0.00000288. The topological polar surface area (TPSA) is 56.7 Å². The van der Waals surface area contributed by atoms with Crippen LogP contribution in [-0.4, -0.2) is 34.7 Å². The lowest BCUT2D eigenvalue weighted by molar-refractivity contribution is 0.275. The first-order valence-corrected chi connectivity index (χ1v) is 9.09. The fourth-order valence-electron chi connectivity index (χ4n) is 2.61. The molecule has 1 fully saturated rings. The standard InChI is InChI=1S/C17H26FN3OS.HI/c1-3-19-16(21-12-17(2)7-4-8-23-17)20-10-13-5-6-15(18)14(9-13)11-22;/h5-6,9,22H,3-4,7-8,10-12H2,1-2H3,(H2,19,20,21);1H. The van der Waals surface area contributed by atoms with Crippen molar-refractivity contribution in [1.82, 2.24) is 10.6 Å². The van der Waals surface area contributed by atoms with E-state index in [1.54, 1.807) is 12.1 Å². The number of hydrogen-bond acceptors (Lipinski definition) is 3. The van der Waals surface area contributed by atoms with Gasteiger partial charge in [-0.3, -0.25) is 0 Å². The number of rotatable bonds is 6. The lowest BCUT2D eigenvalue weighted by Crippen LogP contribution is -2.43. The molecule has 0 bridgehead atoms. The minimum atomic E-state index is -0.378. The van der Waals surface area contributed by atoms with Gasteiger partial charge < -0.3 is 15.7 Å². The van der Waals surface area contributed by atoms with Gasteiger partial charge in [0.25, 0.3) is 0 Å². The van der Waals surface area contributed by atoms with Crippen molar-refractivity contribution in [1.29, 1.82) is 0 Å². The van der Waals surface area contributed by atoms with Crippen LogP contribution in [0.4, 0.5) is 4.39 Å². The van der Waals surface area contributed by atoms with Gasteiger partial charge in [0.05, 0.1) is 13.2 Å². The number of guanidine groups is 1. The zero-order valence-corrected chi connectivity index (χ0v) is 17.4. The highest BCUT2D eigenvalue weighted by molar-refractivity contribution is 14.0. The molecule has 24 heavy (non-hydrogen) atoms. The molecule has 7 heteroatoms. The molecule has 2 rings (SSSR count). The summed E-state index contributed by atoms with van der Waals surface area (Å²) in [5, 5.41) is 15.8. The molecule has 136 valence electrons. The lowest BCUT2D eigenvalue weighted by Gasteiger charge is -2.24. The number of aliphatic hydroxyl groups excluding tert-OH is 1. The van der Waals surface area contributed by atoms with Gasteiger partial charge in [0, 0.05) is 23.4 Å². The third-order valence-corrected chi connectivity index (χ3v) is 5.51. The molecule has 3 N–H and O–H groups in total. The Morgan fingerprint density at radius 1 is 1.42 bits per heavy atom. The highest BCUT2D eigenvalue weighted by Crippen LogP contribution is 2.36. The largest absolute Gasteiger partial charge is 0.392 e. The Morgan fingerprint density at radius 2 is 2.21 bits per heavy atom. The molecule has 4 nitrogen and oxygen atoms in total. The zero-order chi connectivity index (χ0) is 16.7. The van der Waals surface area contributed by atoms with Gasteiger partial charge in [-0.1, -0.05) is 6.07 Å². The van der Waals surface area contributed by atoms with Crippen LogP contribution in [0.25, 0.3) is 0 Å². The molecule has 1 aromatic rings. The van der Waals surface area contributed by atoms with Crippen molar-refractivity contribution in [3.8, 4) is 0 Å². The predicted octanol–water partition coefficient (Wildman–Crippen LogP) is 3.28. The molecule has 0 aromatic heterocycles. The Hall–Kier alpha value is -0.540. The minimum Gasteiger partial charge on any atom is -0.392 e. The molecule has 0 spiro atoms. The number of nitrogens with one attached hydrogen (secondary N) is 2. The smallest absolute Gasteiger partial charge is 0.191 e. The van der Waals surface area contributed by atoms with Crippen LogP contribution in [0.5, 0.6) is 0 Å². The Bertz CT molecular complexity index is 551. The summed E-state index contributed by atoms with van der Waals surface area (Å²) in [5.74, 6) is 1.62. The molecule has 0 aliphatic carbocycles. The average Bonchev–Trinajstić information content (AvgIpc) is 2.98. The molecular formula is C17H27FIN3OS. The second kappa shape index (κ2) is 10.5. The quantitative estimate of drug-likeness (QED) is 0.342. The minimum absolute atomic E-state index is 0. The van der Waals surface area contributed by atoms with Gasteiger partial charge in [-0.2, -0.15) is 11.8 Å². The number of aliphatic hydroxyl groups is 1. The van der Waals surface area contributed by atoms with Crippen LogP contribution in [-0.2, 0) is 13.2 Å². The van der Waals surface area contributed by atoms with E-state index in [2.05, 4.69) is 22.5 Å². The van der Waals surface area contributed by atoms with Gasteiger partial charge in [-0.15, -0.1) is 24.0 Å². The van der Waals surface area contributed by atoms with Gasteiger partial charge in [-0.25, -0.2) is 9.38 Å². The van der Waals surface area contributed by atoms with Crippen LogP contribution < -0.4 is 10.6 Å². The van der Waals surface area contributed by atoms with Gasteiger partial charge >= 0.3 is 0 Å². The number of thioether (sulfide) groups is 1. The van der Waals surface area contributed by atoms with Crippen molar-refractivity contribution >= 4 is 41.7 Å². The van der Waals surface area contributed by atoms with Gasteiger partial charge in [-0.05, 0) is 50.1 Å². The summed E-state index contributed by atoms with van der Waals surface area (Å²) in [4.78, 5) is 4.56. The zero-order valence-electron chi connectivity index (χ0n) is 14.3. The highest BCUT2D eigenvalue weighted by atomic mass is 127. The monoisotopic (exact) mass is 467 g/mol. The summed E-state index contributed by atoms with van der Waals surface area (Å²) in [6, 6.07) is 4.75. The molecule has 0 saturated carbocycles. The third kappa shape index (κ3) is 6.40. The molecule has 1 aliphatic rings. The summed E-state index contributed by atoms with van der Waals surface area (Å²) in [5.41, 5.74) is 1.19. The molecule has 1 aliphatic heterocycles. The van der Waals surface area contributed by atoms with Crippen molar-refractivity contribution in [3.05, 3.63) is 35.1 Å². The predicted molar refractivity (Wildman–Crippen MR) is 111 cm³/mol. The number of benzene rings is 1. The van der Waals surface area contributed by atoms with E-state index in [4.69, 9.17) is 5.11 Å². The summed E-state index contributed by atoms with van der Waals surface area (Å²) >= 11 is 2.01. The first kappa shape index (κ1) is 21.5. The SMILES string of the molecule is CCNC(=NCc1ccc(F)c(CO)c1)NCC1(C)CCCS1.I. The number of aliphatic imine (C=N–C) groups is 1. The first-order valence-electron chi connectivity index (χ1n) is 8.10. The maximum atomic E-state index is 13.4. The van der Waals surface area contributed by atoms with Crippen LogP contribution in [0, 0.1) is 5.82 Å². The molecular weight excluding hydrogens is 440 g/mol. The first-order chi connectivity index (χ1) is 11.1. The molecule has 0 radical (unpaired) electrons. The van der Waals surface area contributed by atoms with Gasteiger partial charge in [0.1, 0.15) is 5.82 Å². The van der Waals surface area contributed by atoms with E-state index in [1.807, 2.05) is 18.7 Å².